The van der Waals surface area contributed by atoms with E-state index in [-0.39, 0.29) is 5.82 Å². The fourth-order valence-corrected chi connectivity index (χ4v) is 4.93. The number of benzene rings is 2. The minimum Gasteiger partial charge on any atom is -0.206 e. The van der Waals surface area contributed by atoms with Crippen LogP contribution in [0.1, 0.15) is 80.0 Å². The Kier molecular flexibility index (Phi) is 5.61. The summed E-state index contributed by atoms with van der Waals surface area (Å²) in [6.07, 6.45) is 10.4. The minimum atomic E-state index is -0.856. The molecule has 3 heteroatoms. The second-order valence-corrected chi connectivity index (χ2v) is 8.38. The molecule has 0 spiro atoms. The molecule has 0 aromatic heterocycles. The van der Waals surface area contributed by atoms with Gasteiger partial charge in [-0.15, -0.1) is 0 Å². The zero-order valence-electron chi connectivity index (χ0n) is 16.4. The van der Waals surface area contributed by atoms with Gasteiger partial charge in [0.2, 0.25) is 0 Å². The smallest absolute Gasteiger partial charge is 0.159 e. The van der Waals surface area contributed by atoms with E-state index in [9.17, 15) is 13.2 Å². The van der Waals surface area contributed by atoms with Crippen molar-refractivity contribution in [3.05, 3.63) is 70.0 Å². The van der Waals surface area contributed by atoms with Gasteiger partial charge in [0.15, 0.2) is 11.6 Å². The Labute approximate surface area is 165 Å². The number of hydrogen-bond acceptors (Lipinski definition) is 0. The zero-order valence-corrected chi connectivity index (χ0v) is 16.4. The number of allylic oxidation sites excluding steroid dienone is 1. The summed E-state index contributed by atoms with van der Waals surface area (Å²) in [6, 6.07) is 8.10. The molecule has 0 heterocycles. The van der Waals surface area contributed by atoms with Crippen molar-refractivity contribution in [1.82, 2.24) is 0 Å². The molecule has 148 valence electrons. The quantitative estimate of drug-likeness (QED) is 0.507. The van der Waals surface area contributed by atoms with Crippen LogP contribution in [0.15, 0.2) is 30.3 Å². The molecule has 0 unspecified atom stereocenters. The van der Waals surface area contributed by atoms with Gasteiger partial charge >= 0.3 is 0 Å². The van der Waals surface area contributed by atoms with E-state index >= 15 is 0 Å². The van der Waals surface area contributed by atoms with Gasteiger partial charge in [-0.1, -0.05) is 38.0 Å². The van der Waals surface area contributed by atoms with Crippen LogP contribution in [-0.2, 0) is 6.42 Å². The first-order valence-corrected chi connectivity index (χ1v) is 10.5. The third-order valence-corrected chi connectivity index (χ3v) is 6.53. The van der Waals surface area contributed by atoms with Crippen LogP contribution in [0, 0.1) is 23.4 Å². The van der Waals surface area contributed by atoms with Crippen LogP contribution < -0.4 is 0 Å². The van der Waals surface area contributed by atoms with Gasteiger partial charge in [-0.25, -0.2) is 13.2 Å². The predicted octanol–water partition coefficient (Wildman–Crippen LogP) is 7.66. The Morgan fingerprint density at radius 3 is 2.32 bits per heavy atom. The topological polar surface area (TPSA) is 0 Å². The van der Waals surface area contributed by atoms with Gasteiger partial charge in [0.25, 0.3) is 0 Å². The van der Waals surface area contributed by atoms with Crippen LogP contribution in [0.2, 0.25) is 0 Å². The largest absolute Gasteiger partial charge is 0.206 e. The Morgan fingerprint density at radius 2 is 1.61 bits per heavy atom. The van der Waals surface area contributed by atoms with Gasteiger partial charge in [-0.3, -0.25) is 0 Å². The average Bonchev–Trinajstić information content (AvgIpc) is 2.69. The molecule has 2 aliphatic rings. The monoisotopic (exact) mass is 384 g/mol. The second kappa shape index (κ2) is 8.14. The highest BCUT2D eigenvalue weighted by molar-refractivity contribution is 5.84. The van der Waals surface area contributed by atoms with Crippen molar-refractivity contribution < 1.29 is 13.2 Å². The second-order valence-electron chi connectivity index (χ2n) is 8.38. The first kappa shape index (κ1) is 19.3. The molecule has 28 heavy (non-hydrogen) atoms. The molecule has 0 N–H and O–H groups in total. The van der Waals surface area contributed by atoms with Gasteiger partial charge in [-0.05, 0) is 90.8 Å². The van der Waals surface area contributed by atoms with Crippen LogP contribution in [0.3, 0.4) is 0 Å². The van der Waals surface area contributed by atoms with Crippen LogP contribution in [0.5, 0.6) is 0 Å². The average molecular weight is 384 g/mol. The summed E-state index contributed by atoms with van der Waals surface area (Å²) >= 11 is 0. The Balaban J connectivity index is 1.54. The highest BCUT2D eigenvalue weighted by Crippen LogP contribution is 2.39. The maximum Gasteiger partial charge on any atom is 0.159 e. The summed E-state index contributed by atoms with van der Waals surface area (Å²) in [5.41, 5.74) is 3.97. The molecule has 2 aromatic rings. The fraction of sp³-hybridized carbons (Fsp3) is 0.440. The van der Waals surface area contributed by atoms with Crippen LogP contribution in [0.25, 0.3) is 11.6 Å². The van der Waals surface area contributed by atoms with Gasteiger partial charge < -0.3 is 0 Å². The van der Waals surface area contributed by atoms with E-state index in [0.717, 1.165) is 35.5 Å². The summed E-state index contributed by atoms with van der Waals surface area (Å²) in [7, 11) is 0. The predicted molar refractivity (Wildman–Crippen MR) is 109 cm³/mol. The minimum absolute atomic E-state index is 0.203. The molecule has 2 aromatic carbocycles. The highest BCUT2D eigenvalue weighted by Gasteiger charge is 2.23. The lowest BCUT2D eigenvalue weighted by molar-refractivity contribution is 0.308. The highest BCUT2D eigenvalue weighted by atomic mass is 19.2. The maximum atomic E-state index is 14.9. The number of rotatable bonds is 4. The van der Waals surface area contributed by atoms with Crippen molar-refractivity contribution in [3.63, 3.8) is 0 Å². The van der Waals surface area contributed by atoms with Gasteiger partial charge in [0.05, 0.1) is 0 Å². The van der Waals surface area contributed by atoms with Gasteiger partial charge in [0.1, 0.15) is 5.82 Å². The summed E-state index contributed by atoms with van der Waals surface area (Å²) < 4.78 is 41.9. The van der Waals surface area contributed by atoms with E-state index in [1.54, 1.807) is 12.1 Å². The van der Waals surface area contributed by atoms with Crippen LogP contribution in [0.4, 0.5) is 13.2 Å². The summed E-state index contributed by atoms with van der Waals surface area (Å²) in [4.78, 5) is 0. The lowest BCUT2D eigenvalue weighted by Gasteiger charge is -2.29. The lowest BCUT2D eigenvalue weighted by Crippen LogP contribution is -2.13. The van der Waals surface area contributed by atoms with E-state index in [1.807, 2.05) is 6.07 Å². The van der Waals surface area contributed by atoms with E-state index in [4.69, 9.17) is 0 Å². The van der Waals surface area contributed by atoms with Crippen molar-refractivity contribution in [1.29, 1.82) is 0 Å². The van der Waals surface area contributed by atoms with Gasteiger partial charge in [0, 0.05) is 5.56 Å². The number of fused-ring (bicyclic) bond motifs is 1. The molecule has 4 rings (SSSR count). The molecule has 2 aliphatic carbocycles. The van der Waals surface area contributed by atoms with Crippen molar-refractivity contribution in [2.75, 3.05) is 0 Å². The maximum absolute atomic E-state index is 14.9. The SMILES string of the molecule is CCCC1CCC(c2ccc(C3=Cc4cc(F)c(F)cc4CC3)c(F)c2)CC1. The number of hydrogen-bond donors (Lipinski definition) is 0. The third-order valence-electron chi connectivity index (χ3n) is 6.53. The molecular weight excluding hydrogens is 357 g/mol. The molecule has 1 saturated carbocycles. The van der Waals surface area contributed by atoms with Gasteiger partial charge in [-0.2, -0.15) is 0 Å². The first-order valence-electron chi connectivity index (χ1n) is 10.5. The van der Waals surface area contributed by atoms with Crippen molar-refractivity contribution in [2.24, 2.45) is 5.92 Å². The van der Waals surface area contributed by atoms with Crippen LogP contribution in [-0.4, -0.2) is 0 Å². The Hall–Kier alpha value is -2.03. The molecule has 0 bridgehead atoms. The number of halogens is 3. The summed E-state index contributed by atoms with van der Waals surface area (Å²) in [5, 5.41) is 0. The molecule has 1 fully saturated rings. The summed E-state index contributed by atoms with van der Waals surface area (Å²) in [5.74, 6) is -0.589. The molecule has 0 saturated heterocycles. The van der Waals surface area contributed by atoms with E-state index in [1.165, 1.54) is 37.8 Å². The summed E-state index contributed by atoms with van der Waals surface area (Å²) in [6.45, 7) is 2.24. The fourth-order valence-electron chi connectivity index (χ4n) is 4.93. The molecule has 0 amide bonds. The first-order chi connectivity index (χ1) is 13.5. The third kappa shape index (κ3) is 3.90. The molecule has 0 aliphatic heterocycles. The zero-order chi connectivity index (χ0) is 19.7. The molecular formula is C25H27F3. The van der Waals surface area contributed by atoms with Crippen molar-refractivity contribution in [3.8, 4) is 0 Å². The van der Waals surface area contributed by atoms with E-state index in [0.29, 0.717) is 29.9 Å². The van der Waals surface area contributed by atoms with Crippen LogP contribution >= 0.6 is 0 Å². The number of aryl methyl sites for hydroxylation is 1. The standard InChI is InChI=1S/C25H27F3/c1-2-3-16-4-6-17(7-5-16)18-10-11-22(23(26)13-18)20-9-8-19-14-24(27)25(28)15-21(19)12-20/h10-17H,2-9H2,1H3. The Morgan fingerprint density at radius 1 is 0.857 bits per heavy atom. The van der Waals surface area contributed by atoms with Crippen molar-refractivity contribution in [2.45, 2.75) is 64.2 Å². The Bertz CT molecular complexity index is 889. The normalized spacial score (nSPS) is 21.9. The van der Waals surface area contributed by atoms with Crippen molar-refractivity contribution >= 4 is 11.6 Å². The molecule has 0 nitrogen and oxygen atoms in total. The van der Waals surface area contributed by atoms with E-state index < -0.39 is 11.6 Å². The van der Waals surface area contributed by atoms with E-state index in [2.05, 4.69) is 13.0 Å². The lowest BCUT2D eigenvalue weighted by atomic mass is 9.77. The molecule has 0 radical (unpaired) electrons. The molecule has 0 atom stereocenters.